The molecule has 3 heteroatoms. The van der Waals surface area contributed by atoms with Crippen molar-refractivity contribution < 1.29 is 0 Å². The summed E-state index contributed by atoms with van der Waals surface area (Å²) in [6, 6.07) is 0. The van der Waals surface area contributed by atoms with E-state index in [-0.39, 0.29) is 0 Å². The first-order valence-electron chi connectivity index (χ1n) is 8.02. The highest BCUT2D eigenvalue weighted by Gasteiger charge is 2.41. The summed E-state index contributed by atoms with van der Waals surface area (Å²) < 4.78 is 2.39. The van der Waals surface area contributed by atoms with Gasteiger partial charge in [0.05, 0.1) is 5.69 Å². The van der Waals surface area contributed by atoms with Crippen LogP contribution in [0.1, 0.15) is 55.5 Å². The Balaban J connectivity index is 1.63. The molecule has 3 nitrogen and oxygen atoms in total. The zero-order chi connectivity index (χ0) is 12.9. The Bertz CT molecular complexity index is 467. The van der Waals surface area contributed by atoms with Gasteiger partial charge in [-0.05, 0) is 56.8 Å². The normalized spacial score (nSPS) is 33.4. The van der Waals surface area contributed by atoms with Crippen LogP contribution >= 0.6 is 0 Å². The van der Waals surface area contributed by atoms with Gasteiger partial charge < -0.3 is 5.32 Å². The maximum atomic E-state index is 4.87. The molecule has 0 radical (unpaired) electrons. The third kappa shape index (κ3) is 1.94. The second kappa shape index (κ2) is 4.34. The maximum absolute atomic E-state index is 4.87. The monoisotopic (exact) mass is 259 g/mol. The van der Waals surface area contributed by atoms with E-state index in [0.717, 1.165) is 25.4 Å². The lowest BCUT2D eigenvalue weighted by Crippen LogP contribution is -2.38. The molecule has 1 aromatic rings. The quantitative estimate of drug-likeness (QED) is 0.885. The molecule has 3 fully saturated rings. The summed E-state index contributed by atoms with van der Waals surface area (Å²) >= 11 is 0. The van der Waals surface area contributed by atoms with E-state index in [9.17, 15) is 0 Å². The van der Waals surface area contributed by atoms with Crippen molar-refractivity contribution in [2.45, 2.75) is 65.0 Å². The van der Waals surface area contributed by atoms with Gasteiger partial charge in [0.1, 0.15) is 0 Å². The molecule has 0 unspecified atom stereocenters. The van der Waals surface area contributed by atoms with E-state index in [2.05, 4.69) is 16.9 Å². The average molecular weight is 259 g/mol. The lowest BCUT2D eigenvalue weighted by molar-refractivity contribution is 0.0439. The lowest BCUT2D eigenvalue weighted by atomic mass is 9.61. The molecule has 4 aliphatic rings. The molecular formula is C16H25N3. The highest BCUT2D eigenvalue weighted by Crippen LogP contribution is 2.51. The van der Waals surface area contributed by atoms with Crippen LogP contribution in [0.3, 0.4) is 0 Å². The van der Waals surface area contributed by atoms with Crippen LogP contribution in [0.5, 0.6) is 0 Å². The van der Waals surface area contributed by atoms with Crippen LogP contribution < -0.4 is 5.32 Å². The summed E-state index contributed by atoms with van der Waals surface area (Å²) in [6.07, 6.45) is 9.93. The number of nitrogens with zero attached hydrogens (tertiary/aromatic N) is 2. The molecule has 0 aromatic carbocycles. The van der Waals surface area contributed by atoms with Gasteiger partial charge >= 0.3 is 0 Å². The summed E-state index contributed by atoms with van der Waals surface area (Å²) in [5.41, 5.74) is 4.85. The minimum Gasteiger partial charge on any atom is -0.312 e. The molecule has 1 aliphatic heterocycles. The summed E-state index contributed by atoms with van der Waals surface area (Å²) in [6.45, 7) is 5.51. The van der Waals surface area contributed by atoms with Crippen LogP contribution in [-0.2, 0) is 19.5 Å². The smallest absolute Gasteiger partial charge is 0.0641 e. The van der Waals surface area contributed by atoms with Crippen molar-refractivity contribution in [3.63, 3.8) is 0 Å². The molecule has 0 spiro atoms. The molecule has 0 atom stereocenters. The predicted molar refractivity (Wildman–Crippen MR) is 76.0 cm³/mol. The van der Waals surface area contributed by atoms with Crippen LogP contribution in [-0.4, -0.2) is 16.3 Å². The molecule has 1 aromatic heterocycles. The number of aryl methyl sites for hydroxylation is 1. The third-order valence-corrected chi connectivity index (χ3v) is 5.94. The van der Waals surface area contributed by atoms with Gasteiger partial charge in [0, 0.05) is 37.3 Å². The van der Waals surface area contributed by atoms with Crippen LogP contribution in [0.4, 0.5) is 0 Å². The van der Waals surface area contributed by atoms with Gasteiger partial charge in [0.2, 0.25) is 0 Å². The van der Waals surface area contributed by atoms with Gasteiger partial charge in [-0.1, -0.05) is 0 Å². The number of hydrogen-bond acceptors (Lipinski definition) is 2. The van der Waals surface area contributed by atoms with Gasteiger partial charge in [0.25, 0.3) is 0 Å². The minimum absolute atomic E-state index is 0.589. The minimum atomic E-state index is 0.589. The van der Waals surface area contributed by atoms with E-state index < -0.39 is 0 Å². The summed E-state index contributed by atoms with van der Waals surface area (Å²) in [5.74, 6) is 1.05. The van der Waals surface area contributed by atoms with Crippen LogP contribution in [0.15, 0.2) is 0 Å². The fraction of sp³-hybridized carbons (Fsp3) is 0.812. The first kappa shape index (κ1) is 12.0. The van der Waals surface area contributed by atoms with Gasteiger partial charge in [-0.2, -0.15) is 5.10 Å². The Hall–Kier alpha value is -0.830. The van der Waals surface area contributed by atoms with Crippen molar-refractivity contribution in [2.75, 3.05) is 6.54 Å². The van der Waals surface area contributed by atoms with E-state index in [1.54, 1.807) is 0 Å². The molecule has 2 bridgehead atoms. The van der Waals surface area contributed by atoms with E-state index in [1.807, 2.05) is 0 Å². The lowest BCUT2D eigenvalue weighted by Gasteiger charge is -2.46. The Kier molecular flexibility index (Phi) is 2.73. The molecular weight excluding hydrogens is 234 g/mol. The largest absolute Gasteiger partial charge is 0.312 e. The maximum Gasteiger partial charge on any atom is 0.0641 e. The summed E-state index contributed by atoms with van der Waals surface area (Å²) in [4.78, 5) is 0. The van der Waals surface area contributed by atoms with Crippen molar-refractivity contribution in [2.24, 2.45) is 11.3 Å². The van der Waals surface area contributed by atoms with Gasteiger partial charge in [-0.3, -0.25) is 4.68 Å². The van der Waals surface area contributed by atoms with Crippen molar-refractivity contribution in [3.8, 4) is 0 Å². The fourth-order valence-electron chi connectivity index (χ4n) is 4.62. The second-order valence-electron chi connectivity index (χ2n) is 7.08. The molecule has 104 valence electrons. The van der Waals surface area contributed by atoms with Crippen LogP contribution in [0.25, 0.3) is 0 Å². The van der Waals surface area contributed by atoms with E-state index in [1.165, 1.54) is 62.0 Å². The Morgan fingerprint density at radius 1 is 1.26 bits per heavy atom. The van der Waals surface area contributed by atoms with Crippen LogP contribution in [0.2, 0.25) is 0 Å². The zero-order valence-electron chi connectivity index (χ0n) is 12.0. The second-order valence-corrected chi connectivity index (χ2v) is 7.08. The highest BCUT2D eigenvalue weighted by atomic mass is 15.3. The first-order chi connectivity index (χ1) is 9.26. The Morgan fingerprint density at radius 3 is 2.74 bits per heavy atom. The molecule has 0 saturated heterocycles. The third-order valence-electron chi connectivity index (χ3n) is 5.94. The fourth-order valence-corrected chi connectivity index (χ4v) is 4.62. The average Bonchev–Trinajstić information content (AvgIpc) is 2.77. The van der Waals surface area contributed by atoms with E-state index in [0.29, 0.717) is 5.41 Å². The number of aromatic nitrogens is 2. The molecule has 0 amide bonds. The first-order valence-corrected chi connectivity index (χ1v) is 8.02. The molecule has 1 N–H and O–H groups in total. The summed E-state index contributed by atoms with van der Waals surface area (Å²) in [7, 11) is 0. The Labute approximate surface area is 115 Å². The number of nitrogens with one attached hydrogen (secondary N) is 1. The van der Waals surface area contributed by atoms with E-state index in [4.69, 9.17) is 5.10 Å². The molecule has 2 heterocycles. The van der Waals surface area contributed by atoms with Gasteiger partial charge in [0.15, 0.2) is 0 Å². The van der Waals surface area contributed by atoms with Crippen molar-refractivity contribution >= 4 is 0 Å². The van der Waals surface area contributed by atoms with E-state index >= 15 is 0 Å². The zero-order valence-corrected chi connectivity index (χ0v) is 12.0. The molecule has 3 saturated carbocycles. The Morgan fingerprint density at radius 2 is 2.00 bits per heavy atom. The number of rotatable bonds is 2. The number of hydrogen-bond donors (Lipinski definition) is 1. The number of fused-ring (bicyclic) bond motifs is 4. The highest BCUT2D eigenvalue weighted by molar-refractivity contribution is 5.27. The van der Waals surface area contributed by atoms with Gasteiger partial charge in [-0.15, -0.1) is 0 Å². The van der Waals surface area contributed by atoms with Crippen LogP contribution in [0, 0.1) is 18.3 Å². The molecule has 3 aliphatic carbocycles. The van der Waals surface area contributed by atoms with Crippen molar-refractivity contribution in [1.29, 1.82) is 0 Å². The predicted octanol–water partition coefficient (Wildman–Crippen LogP) is 2.81. The van der Waals surface area contributed by atoms with Crippen molar-refractivity contribution in [1.82, 2.24) is 15.1 Å². The SMILES string of the molecule is Cc1nn(CC23CCC(CC2)CC3)c2c1CNCC2. The molecule has 19 heavy (non-hydrogen) atoms. The van der Waals surface area contributed by atoms with Crippen molar-refractivity contribution in [3.05, 3.63) is 17.0 Å². The van der Waals surface area contributed by atoms with Gasteiger partial charge in [-0.25, -0.2) is 0 Å². The topological polar surface area (TPSA) is 29.9 Å². The summed E-state index contributed by atoms with van der Waals surface area (Å²) in [5, 5.41) is 8.35. The molecule has 5 rings (SSSR count). The standard InChI is InChI=1S/C16H25N3/c1-12-14-10-17-9-5-15(14)19(18-12)11-16-6-2-13(3-7-16)4-8-16/h13,17H,2-11H2,1H3.